The van der Waals surface area contributed by atoms with E-state index in [1.165, 1.54) is 0 Å². The van der Waals surface area contributed by atoms with Crippen molar-refractivity contribution in [1.29, 1.82) is 0 Å². The van der Waals surface area contributed by atoms with Gasteiger partial charge in [-0.05, 0) is 50.9 Å². The van der Waals surface area contributed by atoms with Gasteiger partial charge in [0.05, 0.1) is 6.61 Å². The molecule has 1 saturated carbocycles. The molecule has 1 aliphatic carbocycles. The van der Waals surface area contributed by atoms with E-state index in [9.17, 15) is 4.79 Å². The summed E-state index contributed by atoms with van der Waals surface area (Å²) in [6.07, 6.45) is 5.05. The van der Waals surface area contributed by atoms with E-state index in [2.05, 4.69) is 11.7 Å². The average Bonchev–Trinajstić information content (AvgIpc) is 3.15. The van der Waals surface area contributed by atoms with Crippen LogP contribution in [0, 0.1) is 5.92 Å². The van der Waals surface area contributed by atoms with E-state index in [0.717, 1.165) is 11.3 Å². The zero-order chi connectivity index (χ0) is 16.4. The lowest BCUT2D eigenvalue weighted by Gasteiger charge is -2.11. The predicted molar refractivity (Wildman–Crippen MR) is 86.8 cm³/mol. The SMILES string of the molecule is C=N/C=C\C(=C/C)Oc1ccc2c(c1)[C@@H]1[C@H](O2)[C@H]1C(=O)OCC. The molecule has 2 aliphatic rings. The van der Waals surface area contributed by atoms with Crippen molar-refractivity contribution in [2.75, 3.05) is 6.61 Å². The number of hydrogen-bond acceptors (Lipinski definition) is 5. The molecule has 0 aromatic heterocycles. The normalized spacial score (nSPS) is 24.6. The summed E-state index contributed by atoms with van der Waals surface area (Å²) in [7, 11) is 0. The Kier molecular flexibility index (Phi) is 4.19. The molecule has 0 amide bonds. The molecule has 0 unspecified atom stereocenters. The van der Waals surface area contributed by atoms with Crippen molar-refractivity contribution in [3.8, 4) is 11.5 Å². The minimum absolute atomic E-state index is 0.0760. The summed E-state index contributed by atoms with van der Waals surface area (Å²) in [6, 6.07) is 5.65. The maximum absolute atomic E-state index is 11.9. The molecular weight excluding hydrogens is 294 g/mol. The largest absolute Gasteiger partial charge is 0.489 e. The molecule has 3 atom stereocenters. The van der Waals surface area contributed by atoms with Gasteiger partial charge in [0, 0.05) is 17.7 Å². The highest BCUT2D eigenvalue weighted by Crippen LogP contribution is 2.59. The summed E-state index contributed by atoms with van der Waals surface area (Å²) in [4.78, 5) is 15.6. The van der Waals surface area contributed by atoms with Crippen LogP contribution in [0.25, 0.3) is 0 Å². The van der Waals surface area contributed by atoms with Crippen molar-refractivity contribution in [2.45, 2.75) is 25.9 Å². The van der Waals surface area contributed by atoms with Crippen molar-refractivity contribution in [3.05, 3.63) is 47.9 Å². The van der Waals surface area contributed by atoms with Crippen LogP contribution in [0.4, 0.5) is 0 Å². The number of allylic oxidation sites excluding steroid dienone is 2. The van der Waals surface area contributed by atoms with Gasteiger partial charge in [-0.25, -0.2) is 0 Å². The van der Waals surface area contributed by atoms with Crippen molar-refractivity contribution >= 4 is 12.7 Å². The molecule has 0 spiro atoms. The lowest BCUT2D eigenvalue weighted by atomic mass is 10.1. The van der Waals surface area contributed by atoms with E-state index in [-0.39, 0.29) is 23.9 Å². The minimum Gasteiger partial charge on any atom is -0.489 e. The molecule has 3 rings (SSSR count). The molecule has 0 radical (unpaired) electrons. The van der Waals surface area contributed by atoms with Crippen LogP contribution >= 0.6 is 0 Å². The second-order valence-electron chi connectivity index (χ2n) is 5.38. The zero-order valence-corrected chi connectivity index (χ0v) is 13.2. The molecule has 5 heteroatoms. The second-order valence-corrected chi connectivity index (χ2v) is 5.38. The van der Waals surface area contributed by atoms with Crippen LogP contribution in [0.5, 0.6) is 11.5 Å². The van der Waals surface area contributed by atoms with Crippen molar-refractivity contribution in [1.82, 2.24) is 0 Å². The van der Waals surface area contributed by atoms with E-state index in [1.807, 2.05) is 31.2 Å². The van der Waals surface area contributed by atoms with Gasteiger partial charge < -0.3 is 14.2 Å². The van der Waals surface area contributed by atoms with Crippen LogP contribution in [0.3, 0.4) is 0 Å². The number of nitrogens with zero attached hydrogens (tertiary/aromatic N) is 1. The lowest BCUT2D eigenvalue weighted by molar-refractivity contribution is -0.145. The summed E-state index contributed by atoms with van der Waals surface area (Å²) in [5.41, 5.74) is 1.01. The van der Waals surface area contributed by atoms with Gasteiger partial charge in [0.15, 0.2) is 0 Å². The molecule has 0 N–H and O–H groups in total. The fraction of sp³-hybridized carbons (Fsp3) is 0.333. The van der Waals surface area contributed by atoms with Gasteiger partial charge in [0.2, 0.25) is 0 Å². The number of fused-ring (bicyclic) bond motifs is 3. The quantitative estimate of drug-likeness (QED) is 0.350. The summed E-state index contributed by atoms with van der Waals surface area (Å²) in [5.74, 6) is 1.89. The van der Waals surface area contributed by atoms with E-state index in [1.54, 1.807) is 19.2 Å². The van der Waals surface area contributed by atoms with Crippen LogP contribution in [0.15, 0.2) is 47.3 Å². The lowest BCUT2D eigenvalue weighted by Crippen LogP contribution is -2.13. The zero-order valence-electron chi connectivity index (χ0n) is 13.2. The van der Waals surface area contributed by atoms with Crippen molar-refractivity contribution in [2.24, 2.45) is 10.9 Å². The Bertz CT molecular complexity index is 692. The fourth-order valence-electron chi connectivity index (χ4n) is 2.88. The molecule has 1 fully saturated rings. The molecule has 120 valence electrons. The Balaban J connectivity index is 1.75. The average molecular weight is 313 g/mol. The first-order valence-corrected chi connectivity index (χ1v) is 7.63. The third-order valence-electron chi connectivity index (χ3n) is 3.98. The monoisotopic (exact) mass is 313 g/mol. The maximum atomic E-state index is 11.9. The number of esters is 1. The first-order valence-electron chi connectivity index (χ1n) is 7.63. The molecular formula is C18H19NO4. The standard InChI is InChI=1S/C18H19NO4/c1-4-11(8-9-19-3)22-12-6-7-14-13(10-12)15-16(17(15)23-14)18(20)21-5-2/h4,6-10,15-17H,3,5H2,1-2H3/b9-8-,11-4+/t15-,16-,17-/m0/s1. The molecule has 1 aliphatic heterocycles. The highest BCUT2D eigenvalue weighted by Gasteiger charge is 2.63. The number of hydrogen-bond donors (Lipinski definition) is 0. The summed E-state index contributed by atoms with van der Waals surface area (Å²) in [6.45, 7) is 7.47. The van der Waals surface area contributed by atoms with Gasteiger partial charge in [0.1, 0.15) is 29.3 Å². The van der Waals surface area contributed by atoms with E-state index in [0.29, 0.717) is 18.1 Å². The number of carbonyl (C=O) groups is 1. The van der Waals surface area contributed by atoms with Crippen molar-refractivity contribution in [3.63, 3.8) is 0 Å². The first kappa shape index (κ1) is 15.3. The van der Waals surface area contributed by atoms with Gasteiger partial charge in [-0.3, -0.25) is 9.79 Å². The smallest absolute Gasteiger partial charge is 0.313 e. The highest BCUT2D eigenvalue weighted by molar-refractivity contribution is 5.80. The van der Waals surface area contributed by atoms with Crippen LogP contribution in [-0.2, 0) is 9.53 Å². The molecule has 1 aromatic rings. The summed E-state index contributed by atoms with van der Waals surface area (Å²) < 4.78 is 16.7. The molecule has 0 bridgehead atoms. The third kappa shape index (κ3) is 2.86. The number of aliphatic imine (C=N–C) groups is 1. The molecule has 1 aromatic carbocycles. The van der Waals surface area contributed by atoms with E-state index in [4.69, 9.17) is 14.2 Å². The fourth-order valence-corrected chi connectivity index (χ4v) is 2.88. The highest BCUT2D eigenvalue weighted by atomic mass is 16.5. The van der Waals surface area contributed by atoms with Crippen molar-refractivity contribution < 1.29 is 19.0 Å². The molecule has 0 saturated heterocycles. The Morgan fingerprint density at radius 2 is 2.30 bits per heavy atom. The molecule has 1 heterocycles. The Morgan fingerprint density at radius 3 is 3.00 bits per heavy atom. The van der Waals surface area contributed by atoms with E-state index >= 15 is 0 Å². The predicted octanol–water partition coefficient (Wildman–Crippen LogP) is 3.22. The van der Waals surface area contributed by atoms with Crippen LogP contribution in [-0.4, -0.2) is 25.4 Å². The summed E-state index contributed by atoms with van der Waals surface area (Å²) >= 11 is 0. The van der Waals surface area contributed by atoms with Gasteiger partial charge >= 0.3 is 5.97 Å². The molecule has 23 heavy (non-hydrogen) atoms. The van der Waals surface area contributed by atoms with Crippen LogP contribution in [0.2, 0.25) is 0 Å². The Morgan fingerprint density at radius 1 is 1.48 bits per heavy atom. The number of carbonyl (C=O) groups excluding carboxylic acids is 1. The van der Waals surface area contributed by atoms with E-state index < -0.39 is 0 Å². The Labute approximate surface area is 135 Å². The van der Waals surface area contributed by atoms with Gasteiger partial charge in [0.25, 0.3) is 0 Å². The number of benzene rings is 1. The summed E-state index contributed by atoms with van der Waals surface area (Å²) in [5, 5.41) is 0. The van der Waals surface area contributed by atoms with Gasteiger partial charge in [-0.15, -0.1) is 0 Å². The van der Waals surface area contributed by atoms with Crippen LogP contribution < -0.4 is 9.47 Å². The maximum Gasteiger partial charge on any atom is 0.313 e. The minimum atomic E-state index is -0.191. The van der Waals surface area contributed by atoms with Crippen LogP contribution in [0.1, 0.15) is 25.3 Å². The topological polar surface area (TPSA) is 57.1 Å². The first-order chi connectivity index (χ1) is 11.2. The second kappa shape index (κ2) is 6.28. The third-order valence-corrected chi connectivity index (χ3v) is 3.98. The number of ether oxygens (including phenoxy) is 3. The number of rotatable bonds is 6. The Hall–Kier alpha value is -2.56. The van der Waals surface area contributed by atoms with Gasteiger partial charge in [-0.2, -0.15) is 0 Å². The molecule has 5 nitrogen and oxygen atoms in total. The van der Waals surface area contributed by atoms with Gasteiger partial charge in [-0.1, -0.05) is 0 Å².